The van der Waals surface area contributed by atoms with Gasteiger partial charge in [-0.1, -0.05) is 12.1 Å². The van der Waals surface area contributed by atoms with Crippen molar-refractivity contribution in [2.75, 3.05) is 37.6 Å². The Kier molecular flexibility index (Phi) is 6.11. The molecule has 0 aliphatic carbocycles. The van der Waals surface area contributed by atoms with Gasteiger partial charge in [-0.3, -0.25) is 29.4 Å². The molecule has 10 nitrogen and oxygen atoms in total. The Morgan fingerprint density at radius 3 is 2.34 bits per heavy atom. The van der Waals surface area contributed by atoms with Crippen LogP contribution in [0.3, 0.4) is 0 Å². The Hall–Kier alpha value is -3.82. The number of pyridine rings is 1. The van der Waals surface area contributed by atoms with Crippen molar-refractivity contribution in [3.05, 3.63) is 63.8 Å². The van der Waals surface area contributed by atoms with Crippen LogP contribution in [0.25, 0.3) is 0 Å². The van der Waals surface area contributed by atoms with Crippen LogP contribution in [0.5, 0.6) is 0 Å². The van der Waals surface area contributed by atoms with Gasteiger partial charge in [0.1, 0.15) is 12.0 Å². The highest BCUT2D eigenvalue weighted by Crippen LogP contribution is 2.23. The number of nitro groups is 1. The molecule has 1 saturated heterocycles. The van der Waals surface area contributed by atoms with Crippen LogP contribution in [-0.2, 0) is 4.79 Å². The molecule has 1 fully saturated rings. The summed E-state index contributed by atoms with van der Waals surface area (Å²) in [4.78, 5) is 57.0. The molecule has 0 radical (unpaired) electrons. The first-order chi connectivity index (χ1) is 15.5. The van der Waals surface area contributed by atoms with Crippen LogP contribution in [0.15, 0.2) is 42.6 Å². The number of rotatable bonds is 6. The summed E-state index contributed by atoms with van der Waals surface area (Å²) in [6, 6.07) is 9.79. The van der Waals surface area contributed by atoms with Crippen molar-refractivity contribution < 1.29 is 19.3 Å². The highest BCUT2D eigenvalue weighted by Gasteiger charge is 2.34. The minimum atomic E-state index is -0.485. The number of imide groups is 1. The van der Waals surface area contributed by atoms with Crippen LogP contribution in [0, 0.1) is 10.1 Å². The highest BCUT2D eigenvalue weighted by molar-refractivity contribution is 6.21. The Labute approximate surface area is 184 Å². The molecule has 0 spiro atoms. The summed E-state index contributed by atoms with van der Waals surface area (Å²) in [6.45, 7) is 2.61. The van der Waals surface area contributed by atoms with Gasteiger partial charge in [-0.15, -0.1) is 0 Å². The number of fused-ring (bicyclic) bond motifs is 1. The molecule has 0 saturated carbocycles. The Balaban J connectivity index is 1.27. The molecule has 2 aromatic rings. The maximum atomic E-state index is 12.7. The number of anilines is 1. The smallest absolute Gasteiger partial charge is 0.287 e. The van der Waals surface area contributed by atoms with Crippen molar-refractivity contribution in [1.29, 1.82) is 0 Å². The summed E-state index contributed by atoms with van der Waals surface area (Å²) >= 11 is 0. The second-order valence-corrected chi connectivity index (χ2v) is 7.76. The van der Waals surface area contributed by atoms with E-state index in [0.717, 1.165) is 6.42 Å². The fourth-order valence-corrected chi connectivity index (χ4v) is 4.06. The number of amides is 3. The number of benzene rings is 1. The van der Waals surface area contributed by atoms with Crippen molar-refractivity contribution in [3.8, 4) is 0 Å². The molecule has 4 rings (SSSR count). The molecule has 3 amide bonds. The molecule has 1 aromatic carbocycles. The van der Waals surface area contributed by atoms with Gasteiger partial charge in [0.05, 0.1) is 16.1 Å². The van der Waals surface area contributed by atoms with Gasteiger partial charge in [0.2, 0.25) is 5.91 Å². The zero-order valence-corrected chi connectivity index (χ0v) is 17.5. The second-order valence-electron chi connectivity index (χ2n) is 7.76. The van der Waals surface area contributed by atoms with Gasteiger partial charge in [-0.25, -0.2) is 4.98 Å². The third-order valence-corrected chi connectivity index (χ3v) is 5.77. The fourth-order valence-electron chi connectivity index (χ4n) is 4.06. The lowest BCUT2D eigenvalue weighted by Gasteiger charge is -2.23. The quantitative estimate of drug-likeness (QED) is 0.386. The topological polar surface area (TPSA) is 117 Å². The Morgan fingerprint density at radius 1 is 1.00 bits per heavy atom. The minimum absolute atomic E-state index is 0.0138. The summed E-state index contributed by atoms with van der Waals surface area (Å²) in [5.41, 5.74) is 0.769. The lowest BCUT2D eigenvalue weighted by atomic mass is 10.1. The molecule has 2 aliphatic heterocycles. The third kappa shape index (κ3) is 4.29. The van der Waals surface area contributed by atoms with Gasteiger partial charge in [0, 0.05) is 45.2 Å². The molecule has 10 heteroatoms. The van der Waals surface area contributed by atoms with Crippen LogP contribution in [0.4, 0.5) is 11.5 Å². The van der Waals surface area contributed by atoms with Gasteiger partial charge >= 0.3 is 0 Å². The normalized spacial score (nSPS) is 16.2. The summed E-state index contributed by atoms with van der Waals surface area (Å²) in [5, 5.41) is 10.8. The summed E-state index contributed by atoms with van der Waals surface area (Å²) in [7, 11) is 0. The summed E-state index contributed by atoms with van der Waals surface area (Å²) in [5.74, 6) is 0.0220. The van der Waals surface area contributed by atoms with E-state index in [4.69, 9.17) is 0 Å². The standard InChI is InChI=1S/C22H23N5O5/c28-20(7-3-12-26-21(29)17-5-1-2-6-18(17)22(26)30)25-11-4-10-24(13-14-25)19-9-8-16(15-23-19)27(31)32/h1-2,5-6,8-9,15H,3-4,7,10-14H2. The van der Waals surface area contributed by atoms with Crippen LogP contribution in [0.2, 0.25) is 0 Å². The fraction of sp³-hybridized carbons (Fsp3) is 0.364. The first-order valence-electron chi connectivity index (χ1n) is 10.5. The van der Waals surface area contributed by atoms with Gasteiger partial charge < -0.3 is 9.80 Å². The van der Waals surface area contributed by atoms with Gasteiger partial charge in [-0.05, 0) is 31.0 Å². The van der Waals surface area contributed by atoms with Crippen LogP contribution in [0.1, 0.15) is 40.0 Å². The predicted molar refractivity (Wildman–Crippen MR) is 115 cm³/mol. The maximum absolute atomic E-state index is 12.7. The van der Waals surface area contributed by atoms with E-state index in [2.05, 4.69) is 4.98 Å². The number of nitrogens with zero attached hydrogens (tertiary/aromatic N) is 5. The van der Waals surface area contributed by atoms with E-state index < -0.39 is 4.92 Å². The zero-order chi connectivity index (χ0) is 22.7. The molecule has 166 valence electrons. The molecular formula is C22H23N5O5. The lowest BCUT2D eigenvalue weighted by molar-refractivity contribution is -0.385. The van der Waals surface area contributed by atoms with Crippen molar-refractivity contribution in [2.24, 2.45) is 0 Å². The number of hydrogen-bond acceptors (Lipinski definition) is 7. The molecule has 0 N–H and O–H groups in total. The molecule has 0 unspecified atom stereocenters. The van der Waals surface area contributed by atoms with Crippen molar-refractivity contribution in [3.63, 3.8) is 0 Å². The molecular weight excluding hydrogens is 414 g/mol. The first-order valence-corrected chi connectivity index (χ1v) is 10.5. The minimum Gasteiger partial charge on any atom is -0.355 e. The van der Waals surface area contributed by atoms with E-state index >= 15 is 0 Å². The number of aromatic nitrogens is 1. The van der Waals surface area contributed by atoms with E-state index in [-0.39, 0.29) is 36.4 Å². The SMILES string of the molecule is O=C(CCCN1C(=O)c2ccccc2C1=O)N1CCCN(c2ccc([N+](=O)[O-])cn2)CC1. The maximum Gasteiger partial charge on any atom is 0.287 e. The molecule has 0 bridgehead atoms. The largest absolute Gasteiger partial charge is 0.355 e. The Morgan fingerprint density at radius 2 is 1.72 bits per heavy atom. The average Bonchev–Trinajstić information content (AvgIpc) is 2.96. The lowest BCUT2D eigenvalue weighted by Crippen LogP contribution is -2.36. The van der Waals surface area contributed by atoms with Crippen molar-refractivity contribution in [2.45, 2.75) is 19.3 Å². The molecule has 0 atom stereocenters. The van der Waals surface area contributed by atoms with Gasteiger partial charge in [0.15, 0.2) is 0 Å². The summed E-state index contributed by atoms with van der Waals surface area (Å²) in [6.07, 6.45) is 2.66. The van der Waals surface area contributed by atoms with Crippen molar-refractivity contribution in [1.82, 2.24) is 14.8 Å². The predicted octanol–water partition coefficient (Wildman–Crippen LogP) is 2.10. The van der Waals surface area contributed by atoms with Crippen LogP contribution < -0.4 is 4.90 Å². The van der Waals surface area contributed by atoms with E-state index in [9.17, 15) is 24.5 Å². The van der Waals surface area contributed by atoms with Crippen molar-refractivity contribution >= 4 is 29.2 Å². The van der Waals surface area contributed by atoms with E-state index in [1.807, 2.05) is 4.90 Å². The average molecular weight is 437 g/mol. The zero-order valence-electron chi connectivity index (χ0n) is 17.5. The van der Waals surface area contributed by atoms with Gasteiger partial charge in [0.25, 0.3) is 17.5 Å². The van der Waals surface area contributed by atoms with E-state index in [1.54, 1.807) is 35.2 Å². The monoisotopic (exact) mass is 437 g/mol. The van der Waals surface area contributed by atoms with E-state index in [1.165, 1.54) is 17.2 Å². The molecule has 32 heavy (non-hydrogen) atoms. The van der Waals surface area contributed by atoms with Gasteiger partial charge in [-0.2, -0.15) is 0 Å². The first kappa shape index (κ1) is 21.4. The van der Waals surface area contributed by atoms with Crippen LogP contribution in [-0.4, -0.2) is 70.2 Å². The Bertz CT molecular complexity index is 1020. The number of hydrogen-bond donors (Lipinski definition) is 0. The summed E-state index contributed by atoms with van der Waals surface area (Å²) < 4.78 is 0. The third-order valence-electron chi connectivity index (χ3n) is 5.77. The molecule has 2 aliphatic rings. The highest BCUT2D eigenvalue weighted by atomic mass is 16.6. The van der Waals surface area contributed by atoms with Crippen LogP contribution >= 0.6 is 0 Å². The van der Waals surface area contributed by atoms with E-state index in [0.29, 0.717) is 49.5 Å². The number of carbonyl (C=O) groups excluding carboxylic acids is 3. The molecule has 3 heterocycles. The second kappa shape index (κ2) is 9.13. The number of carbonyl (C=O) groups is 3. The molecule has 1 aromatic heterocycles.